The van der Waals surface area contributed by atoms with E-state index in [0.29, 0.717) is 58.1 Å². The lowest BCUT2D eigenvalue weighted by Gasteiger charge is -2.10. The van der Waals surface area contributed by atoms with Crippen molar-refractivity contribution < 1.29 is 19.4 Å². The number of allylic oxidation sites excluding steroid dienone is 2. The SMILES string of the molecule is C=CCC1C(=O)Nc2cc(Nc3cccnc3)c([N+](=O)[O-])cc21.C=CCC1C(=O)Nc2cc(Nc3ccncc3)c([N+](=O)[O-])cc21. The van der Waals surface area contributed by atoms with E-state index in [1.807, 2.05) is 0 Å². The van der Waals surface area contributed by atoms with Crippen molar-refractivity contribution in [2.75, 3.05) is 21.3 Å². The predicted molar refractivity (Wildman–Crippen MR) is 174 cm³/mol. The third-order valence-electron chi connectivity index (χ3n) is 7.33. The molecule has 2 amide bonds. The summed E-state index contributed by atoms with van der Waals surface area (Å²) in [4.78, 5) is 53.7. The summed E-state index contributed by atoms with van der Waals surface area (Å²) in [5.41, 5.74) is 4.19. The van der Waals surface area contributed by atoms with Gasteiger partial charge >= 0.3 is 0 Å². The van der Waals surface area contributed by atoms with E-state index in [9.17, 15) is 29.8 Å². The number of anilines is 6. The number of nitro groups is 2. The van der Waals surface area contributed by atoms with Crippen molar-refractivity contribution in [3.8, 4) is 0 Å². The smallest absolute Gasteiger partial charge is 0.293 e. The maximum atomic E-state index is 12.0. The highest BCUT2D eigenvalue weighted by Gasteiger charge is 2.34. The fourth-order valence-corrected chi connectivity index (χ4v) is 5.21. The van der Waals surface area contributed by atoms with Gasteiger partial charge in [0.05, 0.1) is 33.6 Å². The van der Waals surface area contributed by atoms with E-state index in [1.54, 1.807) is 73.3 Å². The molecule has 2 aliphatic rings. The monoisotopic (exact) mass is 620 g/mol. The number of benzene rings is 2. The molecule has 14 nitrogen and oxygen atoms in total. The number of nitrogens with one attached hydrogen (secondary N) is 4. The Morgan fingerprint density at radius 1 is 0.739 bits per heavy atom. The van der Waals surface area contributed by atoms with Crippen molar-refractivity contribution in [2.45, 2.75) is 24.7 Å². The van der Waals surface area contributed by atoms with Gasteiger partial charge in [-0.2, -0.15) is 0 Å². The molecule has 2 aliphatic heterocycles. The second-order valence-electron chi connectivity index (χ2n) is 10.3. The molecule has 46 heavy (non-hydrogen) atoms. The van der Waals surface area contributed by atoms with E-state index in [1.165, 1.54) is 12.1 Å². The number of nitro benzene ring substituents is 2. The summed E-state index contributed by atoms with van der Waals surface area (Å²) >= 11 is 0. The van der Waals surface area contributed by atoms with Gasteiger partial charge in [0.25, 0.3) is 11.4 Å². The molecule has 0 saturated heterocycles. The highest BCUT2D eigenvalue weighted by Crippen LogP contribution is 2.43. The number of carbonyl (C=O) groups excluding carboxylic acids is 2. The molecule has 2 atom stereocenters. The average molecular weight is 621 g/mol. The van der Waals surface area contributed by atoms with Crippen molar-refractivity contribution in [3.05, 3.63) is 130 Å². The molecule has 14 heteroatoms. The van der Waals surface area contributed by atoms with Gasteiger partial charge in [-0.25, -0.2) is 0 Å². The first-order chi connectivity index (χ1) is 22.2. The van der Waals surface area contributed by atoms with Crippen LogP contribution >= 0.6 is 0 Å². The van der Waals surface area contributed by atoms with Crippen LogP contribution < -0.4 is 21.3 Å². The summed E-state index contributed by atoms with van der Waals surface area (Å²) in [7, 11) is 0. The number of hydrogen-bond donors (Lipinski definition) is 4. The lowest BCUT2D eigenvalue weighted by molar-refractivity contribution is -0.384. The fourth-order valence-electron chi connectivity index (χ4n) is 5.21. The summed E-state index contributed by atoms with van der Waals surface area (Å²) < 4.78 is 0. The molecule has 0 fully saturated rings. The van der Waals surface area contributed by atoms with Gasteiger partial charge in [0.1, 0.15) is 11.4 Å². The summed E-state index contributed by atoms with van der Waals surface area (Å²) in [6.45, 7) is 7.26. The van der Waals surface area contributed by atoms with Crippen molar-refractivity contribution >= 4 is 57.3 Å². The van der Waals surface area contributed by atoms with Crippen molar-refractivity contribution in [2.24, 2.45) is 0 Å². The van der Waals surface area contributed by atoms with Gasteiger partial charge in [0.15, 0.2) is 0 Å². The van der Waals surface area contributed by atoms with E-state index < -0.39 is 21.7 Å². The number of nitrogens with zero attached hydrogens (tertiary/aromatic N) is 4. The van der Waals surface area contributed by atoms with E-state index in [-0.39, 0.29) is 23.2 Å². The summed E-state index contributed by atoms with van der Waals surface area (Å²) in [5, 5.41) is 34.3. The zero-order chi connectivity index (χ0) is 32.8. The van der Waals surface area contributed by atoms with Gasteiger partial charge in [-0.1, -0.05) is 12.2 Å². The quantitative estimate of drug-likeness (QED) is 0.0842. The molecule has 6 rings (SSSR count). The molecule has 0 radical (unpaired) electrons. The van der Waals surface area contributed by atoms with Crippen molar-refractivity contribution in [3.63, 3.8) is 0 Å². The second-order valence-corrected chi connectivity index (χ2v) is 10.3. The van der Waals surface area contributed by atoms with E-state index in [4.69, 9.17) is 0 Å². The van der Waals surface area contributed by atoms with Crippen LogP contribution in [0.25, 0.3) is 0 Å². The molecule has 4 aromatic rings. The van der Waals surface area contributed by atoms with Crippen LogP contribution in [0.3, 0.4) is 0 Å². The first-order valence-electron chi connectivity index (χ1n) is 14.0. The van der Waals surface area contributed by atoms with Crippen LogP contribution in [0.1, 0.15) is 35.8 Å². The Morgan fingerprint density at radius 2 is 1.24 bits per heavy atom. The van der Waals surface area contributed by atoms with Crippen LogP contribution in [0, 0.1) is 20.2 Å². The third-order valence-corrected chi connectivity index (χ3v) is 7.33. The van der Waals surface area contributed by atoms with Gasteiger partial charge in [-0.3, -0.25) is 39.8 Å². The molecular formula is C32H28N8O6. The zero-order valence-electron chi connectivity index (χ0n) is 24.3. The third kappa shape index (κ3) is 6.55. The Balaban J connectivity index is 0.000000181. The van der Waals surface area contributed by atoms with Crippen LogP contribution in [-0.4, -0.2) is 31.6 Å². The average Bonchev–Trinajstić information content (AvgIpc) is 3.51. The Hall–Kier alpha value is -6.44. The van der Waals surface area contributed by atoms with Crippen LogP contribution in [0.15, 0.2) is 98.6 Å². The number of hydrogen-bond acceptors (Lipinski definition) is 10. The molecular weight excluding hydrogens is 592 g/mol. The highest BCUT2D eigenvalue weighted by atomic mass is 16.6. The van der Waals surface area contributed by atoms with E-state index >= 15 is 0 Å². The fraction of sp³-hybridized carbons (Fsp3) is 0.125. The summed E-state index contributed by atoms with van der Waals surface area (Å²) in [6, 6.07) is 13.0. The number of rotatable bonds is 10. The van der Waals surface area contributed by atoms with Crippen molar-refractivity contribution in [1.82, 2.24) is 9.97 Å². The van der Waals surface area contributed by atoms with Gasteiger partial charge in [0.2, 0.25) is 11.8 Å². The molecule has 0 bridgehead atoms. The van der Waals surface area contributed by atoms with Gasteiger partial charge in [-0.15, -0.1) is 13.2 Å². The maximum Gasteiger partial charge on any atom is 0.293 e. The van der Waals surface area contributed by atoms with E-state index in [0.717, 1.165) is 0 Å². The minimum Gasteiger partial charge on any atom is -0.350 e. The molecule has 232 valence electrons. The largest absolute Gasteiger partial charge is 0.350 e. The molecule has 2 aromatic heterocycles. The summed E-state index contributed by atoms with van der Waals surface area (Å²) in [5.74, 6) is -1.21. The predicted octanol–water partition coefficient (Wildman–Crippen LogP) is 6.69. The van der Waals surface area contributed by atoms with Crippen LogP contribution in [0.4, 0.5) is 45.5 Å². The lowest BCUT2D eigenvalue weighted by atomic mass is 9.96. The van der Waals surface area contributed by atoms with E-state index in [2.05, 4.69) is 44.4 Å². The first kappa shape index (κ1) is 31.0. The molecule has 4 heterocycles. The maximum absolute atomic E-state index is 12.0. The number of aromatic nitrogens is 2. The Kier molecular flexibility index (Phi) is 9.07. The topological polar surface area (TPSA) is 194 Å². The standard InChI is InChI=1S/2C16H14N4O3/c1-2-4-11-12-7-15(20(22)23)14(8-13(12)19-16(11)21)18-10-5-3-6-17-9-10;1-2-3-11-12-8-15(20(22)23)14(9-13(12)19-16(11)21)18-10-4-6-17-7-5-10/h2-3,5-9,11,18H,1,4H2,(H,19,21);2,4-9,11H,1,3H2,(H,17,18)(H,19,21). The molecule has 0 aliphatic carbocycles. The number of carbonyl (C=O) groups is 2. The molecule has 2 unspecified atom stereocenters. The van der Waals surface area contributed by atoms with Gasteiger partial charge in [0, 0.05) is 47.8 Å². The Bertz CT molecular complexity index is 1710. The zero-order valence-corrected chi connectivity index (χ0v) is 24.3. The normalized spacial score (nSPS) is 15.7. The summed E-state index contributed by atoms with van der Waals surface area (Å²) in [6.07, 6.45) is 10.5. The lowest BCUT2D eigenvalue weighted by Crippen LogP contribution is -2.10. The van der Waals surface area contributed by atoms with Gasteiger partial charge in [-0.05, 0) is 60.4 Å². The molecule has 0 spiro atoms. The van der Waals surface area contributed by atoms with Crippen molar-refractivity contribution in [1.29, 1.82) is 0 Å². The van der Waals surface area contributed by atoms with Crippen LogP contribution in [0.2, 0.25) is 0 Å². The first-order valence-corrected chi connectivity index (χ1v) is 14.0. The molecule has 4 N–H and O–H groups in total. The minimum absolute atomic E-state index is 0.0777. The Morgan fingerprint density at radius 3 is 1.67 bits per heavy atom. The Labute approximate surface area is 262 Å². The second kappa shape index (κ2) is 13.5. The minimum atomic E-state index is -0.466. The molecule has 0 saturated carbocycles. The van der Waals surface area contributed by atoms with Crippen LogP contribution in [0.5, 0.6) is 0 Å². The highest BCUT2D eigenvalue weighted by molar-refractivity contribution is 6.05. The number of fused-ring (bicyclic) bond motifs is 2. The van der Waals surface area contributed by atoms with Gasteiger partial charge < -0.3 is 21.3 Å². The number of pyridine rings is 2. The number of amides is 2. The molecule has 2 aromatic carbocycles. The van der Waals surface area contributed by atoms with Crippen LogP contribution in [-0.2, 0) is 9.59 Å².